The summed E-state index contributed by atoms with van der Waals surface area (Å²) in [7, 11) is 0. The summed E-state index contributed by atoms with van der Waals surface area (Å²) >= 11 is 0. The lowest BCUT2D eigenvalue weighted by molar-refractivity contribution is -0.145. The third kappa shape index (κ3) is 2.12. The topological polar surface area (TPSA) is 124 Å². The Bertz CT molecular complexity index is 437. The number of allylic oxidation sites excluding steroid dienone is 2. The first kappa shape index (κ1) is 12.8. The van der Waals surface area contributed by atoms with Gasteiger partial charge >= 0.3 is 17.9 Å². The van der Waals surface area contributed by atoms with Gasteiger partial charge in [-0.15, -0.1) is 0 Å². The number of rotatable bonds is 3. The quantitative estimate of drug-likeness (QED) is 0.548. The van der Waals surface area contributed by atoms with Gasteiger partial charge in [-0.05, 0) is 13.8 Å². The normalized spacial score (nSPS) is 16.8. The zero-order valence-electron chi connectivity index (χ0n) is 9.14. The molecule has 0 aliphatic carbocycles. The molecular weight excluding hydrogens is 230 g/mol. The minimum atomic E-state index is -1.66. The summed E-state index contributed by atoms with van der Waals surface area (Å²) < 4.78 is 0. The molecule has 0 aromatic heterocycles. The summed E-state index contributed by atoms with van der Waals surface area (Å²) in [6.07, 6.45) is 0. The van der Waals surface area contributed by atoms with E-state index in [0.29, 0.717) is 0 Å². The van der Waals surface area contributed by atoms with Crippen LogP contribution >= 0.6 is 0 Å². The molecule has 0 aromatic carbocycles. The molecule has 1 rings (SSSR count). The van der Waals surface area contributed by atoms with Crippen LogP contribution in [-0.2, 0) is 14.4 Å². The van der Waals surface area contributed by atoms with E-state index in [9.17, 15) is 14.4 Å². The van der Waals surface area contributed by atoms with E-state index in [1.807, 2.05) is 0 Å². The Morgan fingerprint density at radius 1 is 0.941 bits per heavy atom. The summed E-state index contributed by atoms with van der Waals surface area (Å²) in [4.78, 5) is 33.0. The molecule has 1 heterocycles. The fourth-order valence-corrected chi connectivity index (χ4v) is 1.81. The second-order valence-electron chi connectivity index (χ2n) is 3.58. The second kappa shape index (κ2) is 4.28. The predicted octanol–water partition coefficient (Wildman–Crippen LogP) is 0.00760. The average Bonchev–Trinajstić information content (AvgIpc) is 2.14. The Balaban J connectivity index is 3.44. The first-order valence-corrected chi connectivity index (χ1v) is 4.65. The second-order valence-corrected chi connectivity index (χ2v) is 3.58. The van der Waals surface area contributed by atoms with E-state index in [0.717, 1.165) is 0 Å². The standard InChI is InChI=1S/C10H11NO6/c1-3-5(8(12)13)7(10(16)17)6(9(14)15)4(2)11-3/h7,11H,1-2H3,(H,12,13)(H,14,15)(H,16,17). The Morgan fingerprint density at radius 2 is 1.29 bits per heavy atom. The van der Waals surface area contributed by atoms with Crippen LogP contribution < -0.4 is 5.32 Å². The van der Waals surface area contributed by atoms with Crippen LogP contribution in [0.3, 0.4) is 0 Å². The Hall–Kier alpha value is -2.31. The van der Waals surface area contributed by atoms with E-state index < -0.39 is 35.0 Å². The third-order valence-corrected chi connectivity index (χ3v) is 2.47. The molecule has 17 heavy (non-hydrogen) atoms. The molecule has 1 aliphatic heterocycles. The molecule has 0 saturated heterocycles. The summed E-state index contributed by atoms with van der Waals surface area (Å²) in [6.45, 7) is 2.78. The molecule has 0 fully saturated rings. The van der Waals surface area contributed by atoms with Gasteiger partial charge in [0.15, 0.2) is 0 Å². The molecule has 7 heteroatoms. The number of carbonyl (C=O) groups is 3. The van der Waals surface area contributed by atoms with E-state index in [-0.39, 0.29) is 11.4 Å². The summed E-state index contributed by atoms with van der Waals surface area (Å²) in [6, 6.07) is 0. The molecule has 0 atom stereocenters. The van der Waals surface area contributed by atoms with Crippen molar-refractivity contribution >= 4 is 17.9 Å². The third-order valence-electron chi connectivity index (χ3n) is 2.47. The zero-order valence-corrected chi connectivity index (χ0v) is 9.14. The van der Waals surface area contributed by atoms with Crippen molar-refractivity contribution in [1.82, 2.24) is 5.32 Å². The molecule has 4 N–H and O–H groups in total. The van der Waals surface area contributed by atoms with Gasteiger partial charge in [-0.1, -0.05) is 0 Å². The highest BCUT2D eigenvalue weighted by Crippen LogP contribution is 2.30. The monoisotopic (exact) mass is 241 g/mol. The van der Waals surface area contributed by atoms with Crippen LogP contribution in [0, 0.1) is 5.92 Å². The number of carboxylic acids is 3. The van der Waals surface area contributed by atoms with Crippen LogP contribution in [-0.4, -0.2) is 33.2 Å². The SMILES string of the molecule is CC1=C(C(=O)O)C(C(=O)O)C(C(=O)O)=C(C)N1. The van der Waals surface area contributed by atoms with Gasteiger partial charge in [-0.2, -0.15) is 0 Å². The molecule has 0 bridgehead atoms. The Kier molecular flexibility index (Phi) is 3.21. The number of aliphatic carboxylic acids is 3. The molecule has 0 unspecified atom stereocenters. The van der Waals surface area contributed by atoms with Crippen molar-refractivity contribution in [2.75, 3.05) is 0 Å². The minimum absolute atomic E-state index is 0.132. The van der Waals surface area contributed by atoms with Crippen molar-refractivity contribution in [3.63, 3.8) is 0 Å². The summed E-state index contributed by atoms with van der Waals surface area (Å²) in [5.74, 6) is -6.06. The number of carboxylic acid groups (broad SMARTS) is 3. The van der Waals surface area contributed by atoms with E-state index >= 15 is 0 Å². The van der Waals surface area contributed by atoms with Gasteiger partial charge < -0.3 is 20.6 Å². The minimum Gasteiger partial charge on any atom is -0.481 e. The fourth-order valence-electron chi connectivity index (χ4n) is 1.81. The summed E-state index contributed by atoms with van der Waals surface area (Å²) in [5, 5.41) is 29.4. The van der Waals surface area contributed by atoms with Crippen LogP contribution in [0.25, 0.3) is 0 Å². The molecule has 0 spiro atoms. The van der Waals surface area contributed by atoms with E-state index in [4.69, 9.17) is 15.3 Å². The molecule has 0 amide bonds. The maximum Gasteiger partial charge on any atom is 0.334 e. The van der Waals surface area contributed by atoms with Gasteiger partial charge in [-0.3, -0.25) is 4.79 Å². The average molecular weight is 241 g/mol. The van der Waals surface area contributed by atoms with Crippen LogP contribution in [0.15, 0.2) is 22.5 Å². The predicted molar refractivity (Wildman–Crippen MR) is 54.9 cm³/mol. The zero-order chi connectivity index (χ0) is 13.3. The van der Waals surface area contributed by atoms with Crippen molar-refractivity contribution in [3.8, 4) is 0 Å². The van der Waals surface area contributed by atoms with Gasteiger partial charge in [0.2, 0.25) is 0 Å². The van der Waals surface area contributed by atoms with E-state index in [1.165, 1.54) is 13.8 Å². The lowest BCUT2D eigenvalue weighted by Gasteiger charge is -2.25. The molecule has 7 nitrogen and oxygen atoms in total. The molecule has 0 saturated carbocycles. The Morgan fingerprint density at radius 3 is 1.53 bits per heavy atom. The van der Waals surface area contributed by atoms with Crippen LogP contribution in [0.2, 0.25) is 0 Å². The molecule has 0 radical (unpaired) electrons. The van der Waals surface area contributed by atoms with Gasteiger partial charge in [0, 0.05) is 11.4 Å². The van der Waals surface area contributed by atoms with Gasteiger partial charge in [-0.25, -0.2) is 9.59 Å². The number of hydrogen-bond donors (Lipinski definition) is 4. The van der Waals surface area contributed by atoms with Crippen molar-refractivity contribution in [1.29, 1.82) is 0 Å². The van der Waals surface area contributed by atoms with Crippen molar-refractivity contribution in [2.45, 2.75) is 13.8 Å². The van der Waals surface area contributed by atoms with Crippen LogP contribution in [0.1, 0.15) is 13.8 Å². The van der Waals surface area contributed by atoms with Gasteiger partial charge in [0.05, 0.1) is 11.1 Å². The molecule has 0 aromatic rings. The lowest BCUT2D eigenvalue weighted by atomic mass is 9.85. The number of nitrogens with one attached hydrogen (secondary N) is 1. The van der Waals surface area contributed by atoms with Crippen molar-refractivity contribution in [3.05, 3.63) is 22.5 Å². The molecule has 1 aliphatic rings. The number of dihydropyridines is 1. The van der Waals surface area contributed by atoms with Gasteiger partial charge in [0.1, 0.15) is 5.92 Å². The highest BCUT2D eigenvalue weighted by atomic mass is 16.4. The first-order valence-electron chi connectivity index (χ1n) is 4.65. The smallest absolute Gasteiger partial charge is 0.334 e. The maximum atomic E-state index is 11.1. The Labute approximate surface area is 96.1 Å². The largest absolute Gasteiger partial charge is 0.481 e. The van der Waals surface area contributed by atoms with Crippen LogP contribution in [0.4, 0.5) is 0 Å². The fraction of sp³-hybridized carbons (Fsp3) is 0.300. The van der Waals surface area contributed by atoms with E-state index in [2.05, 4.69) is 5.32 Å². The maximum absolute atomic E-state index is 11.1. The van der Waals surface area contributed by atoms with E-state index in [1.54, 1.807) is 0 Å². The number of hydrogen-bond acceptors (Lipinski definition) is 4. The van der Waals surface area contributed by atoms with Crippen LogP contribution in [0.5, 0.6) is 0 Å². The molecular formula is C10H11NO6. The van der Waals surface area contributed by atoms with Crippen molar-refractivity contribution in [2.24, 2.45) is 5.92 Å². The first-order chi connectivity index (χ1) is 7.77. The lowest BCUT2D eigenvalue weighted by Crippen LogP contribution is -2.36. The highest BCUT2D eigenvalue weighted by molar-refractivity contribution is 6.04. The van der Waals surface area contributed by atoms with Crippen molar-refractivity contribution < 1.29 is 29.7 Å². The highest BCUT2D eigenvalue weighted by Gasteiger charge is 2.40. The molecule has 92 valence electrons. The van der Waals surface area contributed by atoms with Gasteiger partial charge in [0.25, 0.3) is 0 Å². The summed E-state index contributed by atoms with van der Waals surface area (Å²) in [5.41, 5.74) is -0.652.